The molecule has 58 heavy (non-hydrogen) atoms. The van der Waals surface area contributed by atoms with E-state index in [9.17, 15) is 0 Å². The minimum Gasteiger partial charge on any atom is -0.277 e. The predicted molar refractivity (Wildman–Crippen MR) is 244 cm³/mol. The summed E-state index contributed by atoms with van der Waals surface area (Å²) in [5, 5.41) is 5.12. The largest absolute Gasteiger partial charge is 0.277 e. The van der Waals surface area contributed by atoms with Crippen LogP contribution in [-0.4, -0.2) is 27.9 Å². The fourth-order valence-corrected chi connectivity index (χ4v) is 11.9. The van der Waals surface area contributed by atoms with Crippen LogP contribution in [0.15, 0.2) is 170 Å². The van der Waals surface area contributed by atoms with Crippen LogP contribution in [0.25, 0.3) is 119 Å². The number of thiophene rings is 2. The number of para-hydroxylation sites is 4. The molecule has 0 aliphatic carbocycles. The lowest BCUT2D eigenvalue weighted by atomic mass is 10.0. The number of hydrogen-bond acceptors (Lipinski definition) is 4. The summed E-state index contributed by atoms with van der Waals surface area (Å²) in [6.45, 7) is 0. The van der Waals surface area contributed by atoms with Gasteiger partial charge in [0.15, 0.2) is 0 Å². The molecule has 270 valence electrons. The Morgan fingerprint density at radius 2 is 0.776 bits per heavy atom. The number of aromatic nitrogens is 6. The van der Waals surface area contributed by atoms with Gasteiger partial charge in [-0.3, -0.25) is 17.9 Å². The molecule has 14 rings (SSSR count). The fraction of sp³-hybridized carbons (Fsp3) is 0. The highest BCUT2D eigenvalue weighted by atomic mass is 32.1. The van der Waals surface area contributed by atoms with E-state index < -0.39 is 0 Å². The molecule has 0 radical (unpaired) electrons. The van der Waals surface area contributed by atoms with Gasteiger partial charge in [-0.2, -0.15) is 0 Å². The molecule has 0 unspecified atom stereocenters. The maximum Gasteiger partial charge on any atom is 0.220 e. The lowest BCUT2D eigenvalue weighted by molar-refractivity contribution is 1.12. The van der Waals surface area contributed by atoms with Crippen LogP contribution in [-0.2, 0) is 0 Å². The van der Waals surface area contributed by atoms with Crippen LogP contribution < -0.4 is 0 Å². The maximum atomic E-state index is 5.28. The highest BCUT2D eigenvalue weighted by Gasteiger charge is 2.23. The number of hydrogen-bond donors (Lipinski definition) is 0. The van der Waals surface area contributed by atoms with Gasteiger partial charge in [-0.25, -0.2) is 9.97 Å². The molecule has 0 aliphatic rings. The van der Waals surface area contributed by atoms with E-state index >= 15 is 0 Å². The van der Waals surface area contributed by atoms with E-state index in [0.29, 0.717) is 0 Å². The monoisotopic (exact) mass is 776 g/mol. The Hall–Kier alpha value is -7.26. The number of nitrogens with zero attached hydrogens (tertiary/aromatic N) is 6. The van der Waals surface area contributed by atoms with Crippen molar-refractivity contribution >= 4 is 119 Å². The van der Waals surface area contributed by atoms with Crippen molar-refractivity contribution in [2.24, 2.45) is 0 Å². The molecule has 6 heterocycles. The standard InChI is InChI=1S/C50H28N6S2/c1-7-21-45-31(11-1)33-13-9-19-41(47(33)57-45)55-39-25-23-29(27-43(39)53-37-17-5-3-15-35(37)51-49(53)55)30-24-26-40-44(28-30)54-38-18-6-4-16-36(38)52-50(54)56(40)42-20-10-14-34-32-12-2-8-22-46(32)58-48(34)42/h1-28H. The topological polar surface area (TPSA) is 44.5 Å². The lowest BCUT2D eigenvalue weighted by Gasteiger charge is -2.09. The summed E-state index contributed by atoms with van der Waals surface area (Å²) >= 11 is 3.70. The quantitative estimate of drug-likeness (QED) is 0.179. The van der Waals surface area contributed by atoms with Crippen molar-refractivity contribution in [3.8, 4) is 22.5 Å². The summed E-state index contributed by atoms with van der Waals surface area (Å²) in [6, 6.07) is 61.5. The van der Waals surface area contributed by atoms with Crippen molar-refractivity contribution in [1.82, 2.24) is 27.9 Å². The zero-order chi connectivity index (χ0) is 37.6. The summed E-state index contributed by atoms with van der Waals surface area (Å²) in [5.41, 5.74) is 13.2. The summed E-state index contributed by atoms with van der Waals surface area (Å²) in [7, 11) is 0. The van der Waals surface area contributed by atoms with Crippen LogP contribution in [0.5, 0.6) is 0 Å². The van der Waals surface area contributed by atoms with Crippen LogP contribution >= 0.6 is 22.7 Å². The number of benzene rings is 8. The Balaban J connectivity index is 1.03. The fourth-order valence-electron chi connectivity index (χ4n) is 9.45. The number of fused-ring (bicyclic) bond motifs is 16. The third-order valence-corrected chi connectivity index (χ3v) is 14.4. The Morgan fingerprint density at radius 3 is 1.28 bits per heavy atom. The number of imidazole rings is 4. The van der Waals surface area contributed by atoms with Gasteiger partial charge in [0.25, 0.3) is 0 Å². The van der Waals surface area contributed by atoms with Gasteiger partial charge in [-0.05, 0) is 83.9 Å². The SMILES string of the molecule is c1ccc2c(c1)nc1n(-c3cccc4c3sc3ccccc34)c3ccc(-c4ccc5c(c4)n4c6ccccc6nc4n5-c4cccc5c4sc4ccccc45)cc3n21. The molecular weight excluding hydrogens is 749 g/mol. The van der Waals surface area contributed by atoms with Crippen molar-refractivity contribution in [2.75, 3.05) is 0 Å². The van der Waals surface area contributed by atoms with E-state index in [-0.39, 0.29) is 0 Å². The summed E-state index contributed by atoms with van der Waals surface area (Å²) < 4.78 is 14.5. The molecule has 0 N–H and O–H groups in total. The predicted octanol–water partition coefficient (Wildman–Crippen LogP) is 13.6. The third-order valence-electron chi connectivity index (χ3n) is 12.0. The molecule has 0 atom stereocenters. The highest BCUT2D eigenvalue weighted by molar-refractivity contribution is 7.26. The van der Waals surface area contributed by atoms with E-state index in [1.54, 1.807) is 0 Å². The normalized spacial score (nSPS) is 12.5. The molecule has 8 aromatic carbocycles. The van der Waals surface area contributed by atoms with Gasteiger partial charge in [-0.15, -0.1) is 22.7 Å². The number of rotatable bonds is 3. The van der Waals surface area contributed by atoms with Crippen LogP contribution in [0.4, 0.5) is 0 Å². The molecule has 0 amide bonds. The molecular formula is C50H28N6S2. The minimum absolute atomic E-state index is 0.910. The zero-order valence-corrected chi connectivity index (χ0v) is 32.3. The smallest absolute Gasteiger partial charge is 0.220 e. The first-order valence-corrected chi connectivity index (χ1v) is 21.1. The van der Waals surface area contributed by atoms with Gasteiger partial charge >= 0.3 is 0 Å². The summed E-state index contributed by atoms with van der Waals surface area (Å²) in [6.07, 6.45) is 0. The molecule has 6 aromatic heterocycles. The Labute approximate surface area is 337 Å². The average molecular weight is 777 g/mol. The second-order valence-electron chi connectivity index (χ2n) is 15.1. The molecule has 0 saturated heterocycles. The van der Waals surface area contributed by atoms with Crippen molar-refractivity contribution in [2.45, 2.75) is 0 Å². The Bertz CT molecular complexity index is 3790. The first-order chi connectivity index (χ1) is 28.8. The molecule has 0 fully saturated rings. The highest BCUT2D eigenvalue weighted by Crippen LogP contribution is 2.43. The molecule has 6 nitrogen and oxygen atoms in total. The second kappa shape index (κ2) is 11.2. The van der Waals surface area contributed by atoms with Crippen molar-refractivity contribution in [3.63, 3.8) is 0 Å². The van der Waals surface area contributed by atoms with Gasteiger partial charge in [0.2, 0.25) is 11.6 Å². The van der Waals surface area contributed by atoms with E-state index in [1.165, 1.54) is 40.3 Å². The van der Waals surface area contributed by atoms with Gasteiger partial charge in [0.05, 0.1) is 64.9 Å². The van der Waals surface area contributed by atoms with Crippen LogP contribution in [0.1, 0.15) is 0 Å². The van der Waals surface area contributed by atoms with Gasteiger partial charge in [0, 0.05) is 30.9 Å². The Morgan fingerprint density at radius 1 is 0.345 bits per heavy atom. The van der Waals surface area contributed by atoms with Crippen LogP contribution in [0, 0.1) is 0 Å². The molecule has 0 saturated carbocycles. The van der Waals surface area contributed by atoms with Crippen LogP contribution in [0.3, 0.4) is 0 Å². The van der Waals surface area contributed by atoms with Crippen LogP contribution in [0.2, 0.25) is 0 Å². The van der Waals surface area contributed by atoms with E-state index in [2.05, 4.69) is 188 Å². The van der Waals surface area contributed by atoms with Gasteiger partial charge < -0.3 is 0 Å². The average Bonchev–Trinajstić information content (AvgIpc) is 4.11. The molecule has 0 bridgehead atoms. The first-order valence-electron chi connectivity index (χ1n) is 19.4. The van der Waals surface area contributed by atoms with Crippen molar-refractivity contribution in [1.29, 1.82) is 0 Å². The summed E-state index contributed by atoms with van der Waals surface area (Å²) in [5.74, 6) is 1.82. The lowest BCUT2D eigenvalue weighted by Crippen LogP contribution is -1.95. The van der Waals surface area contributed by atoms with E-state index in [4.69, 9.17) is 9.97 Å². The molecule has 0 aliphatic heterocycles. The molecule has 8 heteroatoms. The van der Waals surface area contributed by atoms with Gasteiger partial charge in [-0.1, -0.05) is 97.1 Å². The molecule has 14 aromatic rings. The van der Waals surface area contributed by atoms with Crippen molar-refractivity contribution < 1.29 is 0 Å². The van der Waals surface area contributed by atoms with Gasteiger partial charge in [0.1, 0.15) is 0 Å². The van der Waals surface area contributed by atoms with E-state index in [1.807, 2.05) is 22.7 Å². The zero-order valence-electron chi connectivity index (χ0n) is 30.7. The Kier molecular flexibility index (Phi) is 5.96. The van der Waals surface area contributed by atoms with E-state index in [0.717, 1.165) is 78.2 Å². The molecule has 0 spiro atoms. The maximum absolute atomic E-state index is 5.28. The summed E-state index contributed by atoms with van der Waals surface area (Å²) in [4.78, 5) is 10.6. The first kappa shape index (κ1) is 30.9. The second-order valence-corrected chi connectivity index (χ2v) is 17.2. The minimum atomic E-state index is 0.910. The van der Waals surface area contributed by atoms with Crippen molar-refractivity contribution in [3.05, 3.63) is 170 Å². The third kappa shape index (κ3) is 4.00.